The van der Waals surface area contributed by atoms with Crippen molar-refractivity contribution in [1.29, 1.82) is 0 Å². The first-order valence-electron chi connectivity index (χ1n) is 11.7. The van der Waals surface area contributed by atoms with Crippen LogP contribution in [-0.4, -0.2) is 51.5 Å². The van der Waals surface area contributed by atoms with E-state index in [0.717, 1.165) is 16.7 Å². The van der Waals surface area contributed by atoms with E-state index in [4.69, 9.17) is 0 Å². The van der Waals surface area contributed by atoms with E-state index >= 15 is 0 Å². The number of nitrogens with zero attached hydrogens (tertiary/aromatic N) is 3. The van der Waals surface area contributed by atoms with Gasteiger partial charge in [-0.25, -0.2) is 0 Å². The molecule has 3 aromatic rings. The number of aryl methyl sites for hydroxylation is 2. The first-order valence-corrected chi connectivity index (χ1v) is 11.7. The molecule has 2 heterocycles. The van der Waals surface area contributed by atoms with E-state index in [1.54, 1.807) is 14.0 Å². The molecular weight excluding hydrogens is 442 g/mol. The van der Waals surface area contributed by atoms with Crippen LogP contribution in [-0.2, 0) is 24.3 Å². The lowest BCUT2D eigenvalue weighted by atomic mass is 9.95. The molecule has 8 nitrogen and oxygen atoms in total. The van der Waals surface area contributed by atoms with Crippen molar-refractivity contribution in [2.75, 3.05) is 13.6 Å². The van der Waals surface area contributed by atoms with Gasteiger partial charge in [0.05, 0.1) is 6.54 Å². The third-order valence-electron chi connectivity index (χ3n) is 6.62. The highest BCUT2D eigenvalue weighted by molar-refractivity contribution is 6.01. The maximum Gasteiger partial charge on any atom is 0.272 e. The van der Waals surface area contributed by atoms with Crippen molar-refractivity contribution in [2.24, 2.45) is 0 Å². The molecule has 0 bridgehead atoms. The van der Waals surface area contributed by atoms with Crippen LogP contribution >= 0.6 is 0 Å². The van der Waals surface area contributed by atoms with Gasteiger partial charge in [-0.2, -0.15) is 5.10 Å². The number of carbonyl (C=O) groups excluding carboxylic acids is 3. The molecule has 2 aromatic carbocycles. The fraction of sp³-hybridized carbons (Fsp3) is 0.333. The quantitative estimate of drug-likeness (QED) is 0.551. The summed E-state index contributed by atoms with van der Waals surface area (Å²) in [4.78, 5) is 40.3. The van der Waals surface area contributed by atoms with Crippen molar-refractivity contribution in [1.82, 2.24) is 25.3 Å². The molecule has 35 heavy (non-hydrogen) atoms. The lowest BCUT2D eigenvalue weighted by Crippen LogP contribution is -2.62. The van der Waals surface area contributed by atoms with Crippen molar-refractivity contribution >= 4 is 17.7 Å². The molecule has 4 rings (SSSR count). The Balaban J connectivity index is 1.41. The Hall–Kier alpha value is -3.94. The number of likely N-dealkylation sites (N-methyl/N-ethyl adjacent to an activating group) is 1. The zero-order valence-electron chi connectivity index (χ0n) is 20.6. The summed E-state index contributed by atoms with van der Waals surface area (Å²) in [5.74, 6) is -0.977. The monoisotopic (exact) mass is 473 g/mol. The molecule has 1 unspecified atom stereocenters. The van der Waals surface area contributed by atoms with E-state index in [0.29, 0.717) is 25.2 Å². The summed E-state index contributed by atoms with van der Waals surface area (Å²) < 4.78 is 1.46. The Morgan fingerprint density at radius 1 is 0.971 bits per heavy atom. The average molecular weight is 474 g/mol. The van der Waals surface area contributed by atoms with Crippen molar-refractivity contribution in [2.45, 2.75) is 45.8 Å². The Kier molecular flexibility index (Phi) is 6.73. The van der Waals surface area contributed by atoms with Gasteiger partial charge in [0.2, 0.25) is 5.91 Å². The fourth-order valence-electron chi connectivity index (χ4n) is 4.08. The highest BCUT2D eigenvalue weighted by Crippen LogP contribution is 2.26. The standard InChI is InChI=1S/C27H31N5O3/c1-18-5-9-20(10-6-18)13-14-28-24(33)22-15-23-25(34)31(4)27(3,17-32(23)30-22)26(35)29-16-21-11-7-19(2)8-12-21/h5-12,15H,13-14,16-17H2,1-4H3,(H,28,33)(H,29,35). The molecule has 0 saturated heterocycles. The van der Waals surface area contributed by atoms with Crippen LogP contribution in [0.3, 0.4) is 0 Å². The summed E-state index contributed by atoms with van der Waals surface area (Å²) in [6.07, 6.45) is 0.695. The van der Waals surface area contributed by atoms with Crippen LogP contribution in [0.1, 0.15) is 50.2 Å². The van der Waals surface area contributed by atoms with Crippen LogP contribution < -0.4 is 10.6 Å². The summed E-state index contributed by atoms with van der Waals surface area (Å²) in [5.41, 5.74) is 3.75. The molecule has 0 spiro atoms. The number of hydrogen-bond acceptors (Lipinski definition) is 4. The second-order valence-electron chi connectivity index (χ2n) is 9.37. The van der Waals surface area contributed by atoms with Gasteiger partial charge in [0.15, 0.2) is 5.69 Å². The Morgan fingerprint density at radius 2 is 1.57 bits per heavy atom. The van der Waals surface area contributed by atoms with E-state index in [1.807, 2.05) is 62.4 Å². The number of rotatable bonds is 7. The van der Waals surface area contributed by atoms with Crippen molar-refractivity contribution in [3.63, 3.8) is 0 Å². The maximum absolute atomic E-state index is 13.1. The molecule has 0 aliphatic carbocycles. The Morgan fingerprint density at radius 3 is 2.20 bits per heavy atom. The minimum Gasteiger partial charge on any atom is -0.350 e. The van der Waals surface area contributed by atoms with Gasteiger partial charge in [0.1, 0.15) is 11.2 Å². The third-order valence-corrected chi connectivity index (χ3v) is 6.62. The zero-order chi connectivity index (χ0) is 25.2. The summed E-state index contributed by atoms with van der Waals surface area (Å²) in [5, 5.41) is 10.2. The first kappa shape index (κ1) is 24.2. The van der Waals surface area contributed by atoms with E-state index in [9.17, 15) is 14.4 Å². The van der Waals surface area contributed by atoms with Gasteiger partial charge in [0.25, 0.3) is 11.8 Å². The molecule has 1 atom stereocenters. The largest absolute Gasteiger partial charge is 0.350 e. The van der Waals surface area contributed by atoms with Crippen LogP contribution in [0.15, 0.2) is 54.6 Å². The molecule has 0 saturated carbocycles. The van der Waals surface area contributed by atoms with E-state index < -0.39 is 5.54 Å². The van der Waals surface area contributed by atoms with Gasteiger partial charge in [-0.3, -0.25) is 19.1 Å². The maximum atomic E-state index is 13.1. The number of aromatic nitrogens is 2. The van der Waals surface area contributed by atoms with Crippen LogP contribution in [0.2, 0.25) is 0 Å². The van der Waals surface area contributed by atoms with Crippen molar-refractivity contribution in [3.05, 3.63) is 88.2 Å². The van der Waals surface area contributed by atoms with E-state index in [2.05, 4.69) is 15.7 Å². The lowest BCUT2D eigenvalue weighted by molar-refractivity contribution is -0.132. The third kappa shape index (κ3) is 5.11. The van der Waals surface area contributed by atoms with Crippen molar-refractivity contribution in [3.8, 4) is 0 Å². The molecule has 1 aliphatic heterocycles. The molecule has 0 fully saturated rings. The number of amides is 3. The van der Waals surface area contributed by atoms with Gasteiger partial charge in [-0.05, 0) is 38.3 Å². The van der Waals surface area contributed by atoms with Gasteiger partial charge >= 0.3 is 0 Å². The number of fused-ring (bicyclic) bond motifs is 1. The number of carbonyl (C=O) groups is 3. The van der Waals surface area contributed by atoms with Crippen molar-refractivity contribution < 1.29 is 14.4 Å². The van der Waals surface area contributed by atoms with E-state index in [1.165, 1.54) is 21.2 Å². The minimum absolute atomic E-state index is 0.154. The highest BCUT2D eigenvalue weighted by Gasteiger charge is 2.46. The smallest absolute Gasteiger partial charge is 0.272 e. The normalized spacial score (nSPS) is 17.1. The molecule has 1 aromatic heterocycles. The molecular formula is C27H31N5O3. The summed E-state index contributed by atoms with van der Waals surface area (Å²) >= 11 is 0. The van der Waals surface area contributed by atoms with Gasteiger partial charge < -0.3 is 15.5 Å². The molecule has 182 valence electrons. The van der Waals surface area contributed by atoms with E-state index in [-0.39, 0.29) is 30.0 Å². The second kappa shape index (κ2) is 9.74. The number of nitrogens with one attached hydrogen (secondary N) is 2. The summed E-state index contributed by atoms with van der Waals surface area (Å²) in [7, 11) is 1.60. The van der Waals surface area contributed by atoms with Crippen LogP contribution in [0.4, 0.5) is 0 Å². The predicted molar refractivity (Wildman–Crippen MR) is 133 cm³/mol. The van der Waals surface area contributed by atoms with Crippen LogP contribution in [0.25, 0.3) is 0 Å². The number of hydrogen-bond donors (Lipinski definition) is 2. The minimum atomic E-state index is -1.14. The van der Waals surface area contributed by atoms with Gasteiger partial charge in [-0.15, -0.1) is 0 Å². The predicted octanol–water partition coefficient (Wildman–Crippen LogP) is 2.63. The summed E-state index contributed by atoms with van der Waals surface area (Å²) in [6, 6.07) is 17.5. The van der Waals surface area contributed by atoms with Crippen LogP contribution in [0, 0.1) is 13.8 Å². The fourth-order valence-corrected chi connectivity index (χ4v) is 4.08. The summed E-state index contributed by atoms with van der Waals surface area (Å²) in [6.45, 7) is 6.71. The molecule has 2 N–H and O–H groups in total. The number of benzene rings is 2. The molecule has 8 heteroatoms. The molecule has 0 radical (unpaired) electrons. The first-order chi connectivity index (χ1) is 16.7. The Labute approximate surface area is 205 Å². The van der Waals surface area contributed by atoms with Gasteiger partial charge in [-0.1, -0.05) is 59.7 Å². The second-order valence-corrected chi connectivity index (χ2v) is 9.37. The van der Waals surface area contributed by atoms with Crippen LogP contribution in [0.5, 0.6) is 0 Å². The lowest BCUT2D eigenvalue weighted by Gasteiger charge is -2.40. The van der Waals surface area contributed by atoms with Gasteiger partial charge in [0, 0.05) is 26.2 Å². The average Bonchev–Trinajstić information content (AvgIpc) is 3.27. The highest BCUT2D eigenvalue weighted by atomic mass is 16.2. The molecule has 3 amide bonds. The SMILES string of the molecule is Cc1ccc(CCNC(=O)c2cc3n(n2)CC(C)(C(=O)NCc2ccc(C)cc2)N(C)C3=O)cc1. The zero-order valence-corrected chi connectivity index (χ0v) is 20.6. The topological polar surface area (TPSA) is 96.3 Å². The Bertz CT molecular complexity index is 1250. The molecule has 1 aliphatic rings.